The zero-order chi connectivity index (χ0) is 18.0. The lowest BCUT2D eigenvalue weighted by atomic mass is 9.96. The molecule has 0 unspecified atom stereocenters. The molecule has 0 radical (unpaired) electrons. The molecule has 4 heteroatoms. The van der Waals surface area contributed by atoms with Gasteiger partial charge in [0.1, 0.15) is 11.4 Å². The van der Waals surface area contributed by atoms with Crippen LogP contribution in [0, 0.1) is 0 Å². The highest BCUT2D eigenvalue weighted by Crippen LogP contribution is 2.24. The zero-order valence-electron chi connectivity index (χ0n) is 15.9. The maximum Gasteiger partial charge on any atom is 0.256 e. The molecular formula is C20H33NO3. The van der Waals surface area contributed by atoms with E-state index >= 15 is 0 Å². The van der Waals surface area contributed by atoms with Crippen LogP contribution in [0.2, 0.25) is 0 Å². The molecule has 0 aliphatic heterocycles. The normalized spacial score (nSPS) is 13.6. The molecular weight excluding hydrogens is 302 g/mol. The van der Waals surface area contributed by atoms with Gasteiger partial charge in [-0.1, -0.05) is 33.1 Å². The van der Waals surface area contributed by atoms with Crippen LogP contribution in [0.1, 0.15) is 66.7 Å². The number of ether oxygens (including phenoxy) is 2. The second-order valence-electron chi connectivity index (χ2n) is 6.68. The van der Waals surface area contributed by atoms with Gasteiger partial charge in [-0.3, -0.25) is 4.79 Å². The number of carbonyl (C=O) groups excluding carboxylic acids is 1. The molecule has 0 heterocycles. The minimum Gasteiger partial charge on any atom is -0.491 e. The van der Waals surface area contributed by atoms with Gasteiger partial charge in [0.05, 0.1) is 6.10 Å². The summed E-state index contributed by atoms with van der Waals surface area (Å²) in [5.41, 5.74) is -0.0175. The summed E-state index contributed by atoms with van der Waals surface area (Å²) in [6.45, 7) is 10.7. The highest BCUT2D eigenvalue weighted by molar-refractivity contribution is 5.97. The van der Waals surface area contributed by atoms with Crippen molar-refractivity contribution in [2.75, 3.05) is 11.9 Å². The van der Waals surface area contributed by atoms with E-state index in [9.17, 15) is 4.79 Å². The van der Waals surface area contributed by atoms with Gasteiger partial charge < -0.3 is 14.8 Å². The fourth-order valence-corrected chi connectivity index (χ4v) is 2.44. The number of anilines is 1. The van der Waals surface area contributed by atoms with Crippen molar-refractivity contribution in [3.63, 3.8) is 0 Å². The fraction of sp³-hybridized carbons (Fsp3) is 0.650. The first-order chi connectivity index (χ1) is 11.4. The molecule has 0 spiro atoms. The Labute approximate surface area is 146 Å². The summed E-state index contributed by atoms with van der Waals surface area (Å²) in [6.07, 6.45) is 5.00. The smallest absolute Gasteiger partial charge is 0.256 e. The lowest BCUT2D eigenvalue weighted by molar-refractivity contribution is -0.140. The molecule has 0 saturated carbocycles. The maximum atomic E-state index is 12.7. The molecule has 1 amide bonds. The SMILES string of the molecule is CCCCC[C@](C)(OCCC)C(=O)Nc1ccc(OC(C)C)cc1. The van der Waals surface area contributed by atoms with Gasteiger partial charge in [0.2, 0.25) is 0 Å². The van der Waals surface area contributed by atoms with Gasteiger partial charge in [-0.25, -0.2) is 0 Å². The van der Waals surface area contributed by atoms with Crippen molar-refractivity contribution in [3.8, 4) is 5.75 Å². The van der Waals surface area contributed by atoms with E-state index in [1.54, 1.807) is 0 Å². The predicted molar refractivity (Wildman–Crippen MR) is 99.6 cm³/mol. The first-order valence-corrected chi connectivity index (χ1v) is 9.13. The Morgan fingerprint density at radius 2 is 1.79 bits per heavy atom. The average molecular weight is 335 g/mol. The fourth-order valence-electron chi connectivity index (χ4n) is 2.44. The molecule has 1 atom stereocenters. The van der Waals surface area contributed by atoms with Crippen molar-refractivity contribution in [2.45, 2.75) is 78.4 Å². The molecule has 0 bridgehead atoms. The summed E-state index contributed by atoms with van der Waals surface area (Å²) in [6, 6.07) is 7.47. The van der Waals surface area contributed by atoms with Gasteiger partial charge >= 0.3 is 0 Å². The number of amides is 1. The summed E-state index contributed by atoms with van der Waals surface area (Å²) in [5.74, 6) is 0.723. The highest BCUT2D eigenvalue weighted by atomic mass is 16.5. The number of hydrogen-bond acceptors (Lipinski definition) is 3. The van der Waals surface area contributed by atoms with Crippen molar-refractivity contribution < 1.29 is 14.3 Å². The summed E-state index contributed by atoms with van der Waals surface area (Å²) in [4.78, 5) is 12.7. The minimum absolute atomic E-state index is 0.0791. The van der Waals surface area contributed by atoms with Crippen LogP contribution in [0.3, 0.4) is 0 Å². The predicted octanol–water partition coefficient (Wildman–Crippen LogP) is 5.18. The molecule has 136 valence electrons. The Morgan fingerprint density at radius 1 is 1.12 bits per heavy atom. The quantitative estimate of drug-likeness (QED) is 0.567. The van der Waals surface area contributed by atoms with Crippen LogP contribution in [0.25, 0.3) is 0 Å². The van der Waals surface area contributed by atoms with Crippen LogP contribution < -0.4 is 10.1 Å². The van der Waals surface area contributed by atoms with Crippen molar-refractivity contribution >= 4 is 11.6 Å². The van der Waals surface area contributed by atoms with E-state index in [1.807, 2.05) is 45.0 Å². The summed E-state index contributed by atoms with van der Waals surface area (Å²) in [5, 5.41) is 2.98. The van der Waals surface area contributed by atoms with Crippen molar-refractivity contribution in [2.24, 2.45) is 0 Å². The van der Waals surface area contributed by atoms with Crippen molar-refractivity contribution in [1.82, 2.24) is 0 Å². The molecule has 0 saturated heterocycles. The second kappa shape index (κ2) is 10.3. The van der Waals surface area contributed by atoms with Gasteiger partial charge in [0.15, 0.2) is 0 Å². The first kappa shape index (κ1) is 20.5. The monoisotopic (exact) mass is 335 g/mol. The Bertz CT molecular complexity index is 484. The molecule has 0 fully saturated rings. The number of carbonyl (C=O) groups is 1. The Hall–Kier alpha value is -1.55. The van der Waals surface area contributed by atoms with E-state index in [0.29, 0.717) is 6.61 Å². The van der Waals surface area contributed by atoms with Crippen molar-refractivity contribution in [3.05, 3.63) is 24.3 Å². The number of benzene rings is 1. The van der Waals surface area contributed by atoms with Gasteiger partial charge in [-0.15, -0.1) is 0 Å². The molecule has 1 aromatic carbocycles. The van der Waals surface area contributed by atoms with E-state index in [-0.39, 0.29) is 12.0 Å². The van der Waals surface area contributed by atoms with Crippen LogP contribution in [-0.2, 0) is 9.53 Å². The Morgan fingerprint density at radius 3 is 2.33 bits per heavy atom. The van der Waals surface area contributed by atoms with Crippen LogP contribution in [0.4, 0.5) is 5.69 Å². The summed E-state index contributed by atoms with van der Waals surface area (Å²) < 4.78 is 11.5. The lowest BCUT2D eigenvalue weighted by Crippen LogP contribution is -2.43. The lowest BCUT2D eigenvalue weighted by Gasteiger charge is -2.28. The van der Waals surface area contributed by atoms with Gasteiger partial charge in [0, 0.05) is 12.3 Å². The number of hydrogen-bond donors (Lipinski definition) is 1. The first-order valence-electron chi connectivity index (χ1n) is 9.13. The largest absolute Gasteiger partial charge is 0.491 e. The third-order valence-electron chi connectivity index (χ3n) is 3.85. The van der Waals surface area contributed by atoms with Crippen LogP contribution >= 0.6 is 0 Å². The van der Waals surface area contributed by atoms with Gasteiger partial charge in [-0.05, 0) is 57.9 Å². The van der Waals surface area contributed by atoms with E-state index < -0.39 is 5.60 Å². The second-order valence-corrected chi connectivity index (χ2v) is 6.68. The maximum absolute atomic E-state index is 12.7. The minimum atomic E-state index is -0.779. The van der Waals surface area contributed by atoms with Crippen molar-refractivity contribution in [1.29, 1.82) is 0 Å². The Balaban J connectivity index is 2.71. The Kier molecular flexibility index (Phi) is 8.83. The summed E-state index contributed by atoms with van der Waals surface area (Å²) in [7, 11) is 0. The molecule has 4 nitrogen and oxygen atoms in total. The van der Waals surface area contributed by atoms with E-state index in [4.69, 9.17) is 9.47 Å². The van der Waals surface area contributed by atoms with E-state index in [0.717, 1.165) is 43.5 Å². The third-order valence-corrected chi connectivity index (χ3v) is 3.85. The molecule has 0 aliphatic rings. The summed E-state index contributed by atoms with van der Waals surface area (Å²) >= 11 is 0. The van der Waals surface area contributed by atoms with Crippen LogP contribution in [0.5, 0.6) is 5.75 Å². The number of nitrogens with one attached hydrogen (secondary N) is 1. The zero-order valence-corrected chi connectivity index (χ0v) is 15.9. The molecule has 0 aromatic heterocycles. The average Bonchev–Trinajstić information content (AvgIpc) is 2.54. The van der Waals surface area contributed by atoms with Gasteiger partial charge in [-0.2, -0.15) is 0 Å². The molecule has 1 N–H and O–H groups in total. The van der Waals surface area contributed by atoms with E-state index in [1.165, 1.54) is 0 Å². The number of unbranched alkanes of at least 4 members (excludes halogenated alkanes) is 2. The molecule has 24 heavy (non-hydrogen) atoms. The highest BCUT2D eigenvalue weighted by Gasteiger charge is 2.33. The molecule has 1 rings (SSSR count). The van der Waals surface area contributed by atoms with Gasteiger partial charge in [0.25, 0.3) is 5.91 Å². The number of rotatable bonds is 11. The third kappa shape index (κ3) is 6.91. The molecule has 0 aliphatic carbocycles. The molecule has 1 aromatic rings. The topological polar surface area (TPSA) is 47.6 Å². The standard InChI is InChI=1S/C20H33NO3/c1-6-8-9-14-20(5,23-15-7-2)19(22)21-17-10-12-18(13-11-17)24-16(3)4/h10-13,16H,6-9,14-15H2,1-5H3,(H,21,22)/t20-/m0/s1. The van der Waals surface area contributed by atoms with E-state index in [2.05, 4.69) is 19.2 Å². The van der Waals surface area contributed by atoms with Crippen LogP contribution in [0.15, 0.2) is 24.3 Å². The van der Waals surface area contributed by atoms with Crippen LogP contribution in [-0.4, -0.2) is 24.2 Å².